The summed E-state index contributed by atoms with van der Waals surface area (Å²) >= 11 is 1.78. The third-order valence-electron chi connectivity index (χ3n) is 2.75. The summed E-state index contributed by atoms with van der Waals surface area (Å²) < 4.78 is 5.30. The van der Waals surface area contributed by atoms with E-state index in [0.29, 0.717) is 29.8 Å². The van der Waals surface area contributed by atoms with Crippen LogP contribution in [0.4, 0.5) is 11.4 Å². The van der Waals surface area contributed by atoms with E-state index < -0.39 is 4.92 Å². The van der Waals surface area contributed by atoms with Gasteiger partial charge in [0, 0.05) is 11.8 Å². The third kappa shape index (κ3) is 4.63. The molecule has 0 heterocycles. The molecule has 0 aliphatic heterocycles. The van der Waals surface area contributed by atoms with Crippen molar-refractivity contribution in [3.8, 4) is 5.75 Å². The zero-order valence-electron chi connectivity index (χ0n) is 11.5. The number of hydrogen-bond acceptors (Lipinski definition) is 5. The fourth-order valence-corrected chi connectivity index (χ4v) is 2.01. The van der Waals surface area contributed by atoms with Gasteiger partial charge in [-0.3, -0.25) is 10.1 Å². The number of rotatable bonds is 8. The van der Waals surface area contributed by atoms with Crippen molar-refractivity contribution in [1.82, 2.24) is 0 Å². The molecule has 0 spiro atoms. The summed E-state index contributed by atoms with van der Waals surface area (Å²) in [5.41, 5.74) is 0.533. The number of thioether (sulfide) groups is 1. The smallest absolute Gasteiger partial charge is 0.333 e. The van der Waals surface area contributed by atoms with E-state index in [1.165, 1.54) is 0 Å². The van der Waals surface area contributed by atoms with Crippen LogP contribution in [0.5, 0.6) is 5.75 Å². The van der Waals surface area contributed by atoms with Gasteiger partial charge in [0.2, 0.25) is 0 Å². The van der Waals surface area contributed by atoms with E-state index in [4.69, 9.17) is 4.74 Å². The van der Waals surface area contributed by atoms with Gasteiger partial charge >= 0.3 is 5.69 Å². The standard InChI is InChI=1S/C13H20N2O3S/c1-4-18-12-7-5-6-11(13(12)15(16)17)14-9-8-10(2)19-3/h5-7,10,14H,4,8-9H2,1-3H3. The summed E-state index contributed by atoms with van der Waals surface area (Å²) in [6, 6.07) is 5.10. The Kier molecular flexibility index (Phi) is 6.49. The molecule has 0 aromatic heterocycles. The molecular weight excluding hydrogens is 264 g/mol. The van der Waals surface area contributed by atoms with Gasteiger partial charge in [-0.05, 0) is 31.7 Å². The number of nitro groups is 1. The normalized spacial score (nSPS) is 11.9. The second-order valence-electron chi connectivity index (χ2n) is 4.10. The minimum Gasteiger partial charge on any atom is -0.487 e. The largest absolute Gasteiger partial charge is 0.487 e. The first-order valence-corrected chi connectivity index (χ1v) is 7.55. The van der Waals surface area contributed by atoms with Crippen molar-refractivity contribution in [2.45, 2.75) is 25.5 Å². The summed E-state index contributed by atoms with van der Waals surface area (Å²) in [5, 5.41) is 14.8. The van der Waals surface area contributed by atoms with E-state index in [1.54, 1.807) is 30.0 Å². The second-order valence-corrected chi connectivity index (χ2v) is 5.38. The van der Waals surface area contributed by atoms with Crippen LogP contribution in [0.3, 0.4) is 0 Å². The maximum absolute atomic E-state index is 11.2. The first-order valence-electron chi connectivity index (χ1n) is 6.27. The quantitative estimate of drug-likeness (QED) is 0.584. The van der Waals surface area contributed by atoms with Gasteiger partial charge in [-0.25, -0.2) is 0 Å². The average molecular weight is 284 g/mol. The van der Waals surface area contributed by atoms with Crippen molar-refractivity contribution >= 4 is 23.1 Å². The van der Waals surface area contributed by atoms with Crippen LogP contribution in [-0.4, -0.2) is 29.6 Å². The van der Waals surface area contributed by atoms with E-state index in [9.17, 15) is 10.1 Å². The predicted octanol–water partition coefficient (Wildman–Crippen LogP) is 3.55. The molecular formula is C13H20N2O3S. The zero-order valence-corrected chi connectivity index (χ0v) is 12.3. The van der Waals surface area contributed by atoms with Crippen LogP contribution in [0.2, 0.25) is 0 Å². The molecule has 0 fully saturated rings. The van der Waals surface area contributed by atoms with Crippen molar-refractivity contribution in [2.75, 3.05) is 24.7 Å². The monoisotopic (exact) mass is 284 g/mol. The highest BCUT2D eigenvalue weighted by Gasteiger charge is 2.20. The number of anilines is 1. The van der Waals surface area contributed by atoms with E-state index in [2.05, 4.69) is 18.5 Å². The molecule has 0 aliphatic rings. The molecule has 5 nitrogen and oxygen atoms in total. The van der Waals surface area contributed by atoms with Gasteiger partial charge in [0.15, 0.2) is 5.75 Å². The van der Waals surface area contributed by atoms with Crippen LogP contribution in [0, 0.1) is 10.1 Å². The summed E-state index contributed by atoms with van der Waals surface area (Å²) in [4.78, 5) is 10.8. The Morgan fingerprint density at radius 1 is 1.53 bits per heavy atom. The lowest BCUT2D eigenvalue weighted by molar-refractivity contribution is -0.384. The number of benzene rings is 1. The van der Waals surface area contributed by atoms with E-state index >= 15 is 0 Å². The van der Waals surface area contributed by atoms with Crippen LogP contribution in [0.25, 0.3) is 0 Å². The van der Waals surface area contributed by atoms with Crippen LogP contribution in [0.1, 0.15) is 20.3 Å². The molecule has 1 rings (SSSR count). The lowest BCUT2D eigenvalue weighted by atomic mass is 10.2. The lowest BCUT2D eigenvalue weighted by Gasteiger charge is -2.12. The average Bonchev–Trinajstić information content (AvgIpc) is 2.38. The Balaban J connectivity index is 2.81. The number of hydrogen-bond donors (Lipinski definition) is 1. The Hall–Kier alpha value is -1.43. The van der Waals surface area contributed by atoms with Crippen LogP contribution in [-0.2, 0) is 0 Å². The van der Waals surface area contributed by atoms with Crippen molar-refractivity contribution in [3.05, 3.63) is 28.3 Å². The van der Waals surface area contributed by atoms with Gasteiger partial charge in [0.05, 0.1) is 11.5 Å². The highest BCUT2D eigenvalue weighted by atomic mass is 32.2. The molecule has 0 saturated carbocycles. The van der Waals surface area contributed by atoms with Crippen molar-refractivity contribution in [1.29, 1.82) is 0 Å². The topological polar surface area (TPSA) is 64.4 Å². The fourth-order valence-electron chi connectivity index (χ4n) is 1.65. The maximum Gasteiger partial charge on any atom is 0.333 e. The Bertz CT molecular complexity index is 426. The van der Waals surface area contributed by atoms with Crippen LogP contribution in [0.15, 0.2) is 18.2 Å². The molecule has 0 amide bonds. The fraction of sp³-hybridized carbons (Fsp3) is 0.538. The summed E-state index contributed by atoms with van der Waals surface area (Å²) in [5.74, 6) is 0.315. The predicted molar refractivity (Wildman–Crippen MR) is 80.3 cm³/mol. The molecule has 0 radical (unpaired) electrons. The molecule has 0 aliphatic carbocycles. The number of ether oxygens (including phenoxy) is 1. The van der Waals surface area contributed by atoms with Gasteiger partial charge in [-0.2, -0.15) is 11.8 Å². The molecule has 0 bridgehead atoms. The Morgan fingerprint density at radius 3 is 2.84 bits per heavy atom. The molecule has 19 heavy (non-hydrogen) atoms. The third-order valence-corrected chi connectivity index (χ3v) is 3.79. The molecule has 1 aromatic carbocycles. The van der Waals surface area contributed by atoms with Crippen molar-refractivity contribution in [2.24, 2.45) is 0 Å². The number of para-hydroxylation sites is 1. The minimum atomic E-state index is -0.397. The highest BCUT2D eigenvalue weighted by Crippen LogP contribution is 2.34. The molecule has 106 valence electrons. The van der Waals surface area contributed by atoms with Crippen LogP contribution < -0.4 is 10.1 Å². The Labute approximate surface area is 117 Å². The molecule has 1 N–H and O–H groups in total. The molecule has 1 unspecified atom stereocenters. The van der Waals surface area contributed by atoms with E-state index in [-0.39, 0.29) is 5.69 Å². The SMILES string of the molecule is CCOc1cccc(NCCC(C)SC)c1[N+](=O)[O-]. The minimum absolute atomic E-state index is 0.0150. The molecule has 1 aromatic rings. The maximum atomic E-state index is 11.2. The molecule has 0 saturated heterocycles. The molecule has 6 heteroatoms. The zero-order chi connectivity index (χ0) is 14.3. The lowest BCUT2D eigenvalue weighted by Crippen LogP contribution is -2.09. The number of nitrogens with one attached hydrogen (secondary N) is 1. The number of nitro benzene ring substituents is 1. The Morgan fingerprint density at radius 2 is 2.26 bits per heavy atom. The summed E-state index contributed by atoms with van der Waals surface area (Å²) in [7, 11) is 0. The van der Waals surface area contributed by atoms with E-state index in [0.717, 1.165) is 6.42 Å². The summed E-state index contributed by atoms with van der Waals surface area (Å²) in [6.07, 6.45) is 3.01. The van der Waals surface area contributed by atoms with Gasteiger partial charge in [-0.15, -0.1) is 0 Å². The first kappa shape index (κ1) is 15.6. The van der Waals surface area contributed by atoms with Crippen LogP contribution >= 0.6 is 11.8 Å². The van der Waals surface area contributed by atoms with E-state index in [1.807, 2.05) is 6.92 Å². The van der Waals surface area contributed by atoms with Gasteiger partial charge in [0.25, 0.3) is 0 Å². The van der Waals surface area contributed by atoms with Gasteiger partial charge in [-0.1, -0.05) is 13.0 Å². The highest BCUT2D eigenvalue weighted by molar-refractivity contribution is 7.99. The van der Waals surface area contributed by atoms with Crippen molar-refractivity contribution < 1.29 is 9.66 Å². The first-order chi connectivity index (χ1) is 9.10. The summed E-state index contributed by atoms with van der Waals surface area (Å²) in [6.45, 7) is 5.06. The van der Waals surface area contributed by atoms with Crippen molar-refractivity contribution in [3.63, 3.8) is 0 Å². The van der Waals surface area contributed by atoms with Gasteiger partial charge < -0.3 is 10.1 Å². The molecule has 1 atom stereocenters. The van der Waals surface area contributed by atoms with Gasteiger partial charge in [0.1, 0.15) is 5.69 Å². The number of nitrogens with zero attached hydrogens (tertiary/aromatic N) is 1. The second kappa shape index (κ2) is 7.89.